The number of unbranched alkanes of at least 4 members (excludes halogenated alkanes) is 4. The summed E-state index contributed by atoms with van der Waals surface area (Å²) in [7, 11) is 0. The van der Waals surface area contributed by atoms with E-state index in [4.69, 9.17) is 0 Å². The van der Waals surface area contributed by atoms with Crippen LogP contribution in [0.3, 0.4) is 0 Å². The van der Waals surface area contributed by atoms with Gasteiger partial charge >= 0.3 is 0 Å². The molecule has 0 bridgehead atoms. The smallest absolute Gasteiger partial charge is 0.0964 e. The van der Waals surface area contributed by atoms with Crippen molar-refractivity contribution >= 4 is 0 Å². The summed E-state index contributed by atoms with van der Waals surface area (Å²) in [5.74, 6) is 1.67. The van der Waals surface area contributed by atoms with Crippen LogP contribution in [0.25, 0.3) is 0 Å². The number of hydrogen-bond acceptors (Lipinski definition) is 3. The van der Waals surface area contributed by atoms with Gasteiger partial charge in [0.2, 0.25) is 0 Å². The predicted molar refractivity (Wildman–Crippen MR) is 98.3 cm³/mol. The Morgan fingerprint density at radius 3 is 1.87 bits per heavy atom. The molecular formula is C19H38N4. The van der Waals surface area contributed by atoms with Gasteiger partial charge < -0.3 is 0 Å². The van der Waals surface area contributed by atoms with Gasteiger partial charge in [-0.15, -0.1) is 5.10 Å². The molecule has 0 radical (unpaired) electrons. The maximum absolute atomic E-state index is 4.14. The Morgan fingerprint density at radius 2 is 1.43 bits per heavy atom. The molecule has 1 N–H and O–H groups in total. The Hall–Kier alpha value is -0.900. The molecule has 0 aromatic carbocycles. The fourth-order valence-corrected chi connectivity index (χ4v) is 2.93. The first-order valence-electron chi connectivity index (χ1n) is 9.65. The van der Waals surface area contributed by atoms with Crippen molar-refractivity contribution in [2.75, 3.05) is 13.1 Å². The fourth-order valence-electron chi connectivity index (χ4n) is 2.93. The number of aromatic amines is 1. The molecule has 1 aromatic heterocycles. The van der Waals surface area contributed by atoms with Gasteiger partial charge in [-0.05, 0) is 37.8 Å². The molecule has 4 heteroatoms. The van der Waals surface area contributed by atoms with Crippen molar-refractivity contribution < 1.29 is 0 Å². The Kier molecular flexibility index (Phi) is 11.0. The number of hydrogen-bond donors (Lipinski definition) is 1. The second kappa shape index (κ2) is 12.5. The lowest BCUT2D eigenvalue weighted by Crippen LogP contribution is -2.26. The van der Waals surface area contributed by atoms with Gasteiger partial charge in [0.25, 0.3) is 0 Å². The first-order valence-corrected chi connectivity index (χ1v) is 9.65. The third kappa shape index (κ3) is 11.3. The van der Waals surface area contributed by atoms with Crippen molar-refractivity contribution in [2.24, 2.45) is 11.8 Å². The number of nitrogens with zero attached hydrogens (tertiary/aromatic N) is 3. The highest BCUT2D eigenvalue weighted by Crippen LogP contribution is 2.12. The van der Waals surface area contributed by atoms with E-state index in [1.54, 1.807) is 0 Å². The zero-order chi connectivity index (χ0) is 16.9. The van der Waals surface area contributed by atoms with Crippen molar-refractivity contribution in [1.82, 2.24) is 20.3 Å². The predicted octanol–water partition coefficient (Wildman–Crippen LogP) is 5.04. The Balaban J connectivity index is 2.22. The highest BCUT2D eigenvalue weighted by Gasteiger charge is 2.08. The van der Waals surface area contributed by atoms with E-state index in [9.17, 15) is 0 Å². The summed E-state index contributed by atoms with van der Waals surface area (Å²) in [6, 6.07) is 0. The molecular weight excluding hydrogens is 284 g/mol. The molecule has 1 heterocycles. The summed E-state index contributed by atoms with van der Waals surface area (Å²) < 4.78 is 0. The van der Waals surface area contributed by atoms with Crippen LogP contribution in [0, 0.1) is 11.8 Å². The van der Waals surface area contributed by atoms with Crippen LogP contribution in [0.4, 0.5) is 0 Å². The molecule has 0 fully saturated rings. The first-order chi connectivity index (χ1) is 11.1. The van der Waals surface area contributed by atoms with Crippen LogP contribution in [-0.2, 0) is 6.54 Å². The molecule has 0 spiro atoms. The van der Waals surface area contributed by atoms with Gasteiger partial charge in [0, 0.05) is 12.7 Å². The van der Waals surface area contributed by atoms with Crippen LogP contribution in [0.15, 0.2) is 6.20 Å². The van der Waals surface area contributed by atoms with Crippen LogP contribution in [-0.4, -0.2) is 33.4 Å². The number of nitrogens with one attached hydrogen (secondary N) is 1. The van der Waals surface area contributed by atoms with Gasteiger partial charge in [-0.2, -0.15) is 0 Å². The summed E-state index contributed by atoms with van der Waals surface area (Å²) in [5.41, 5.74) is 1.06. The standard InChI is InChI=1S/C19H38N4/c1-17(2)11-7-5-9-13-23(16-19-15-20-22-21-19)14-10-6-8-12-18(3)4/h15,17-18H,5-14,16H2,1-4H3,(H,20,21,22). The van der Waals surface area contributed by atoms with Crippen molar-refractivity contribution in [3.63, 3.8) is 0 Å². The normalized spacial score (nSPS) is 12.0. The first kappa shape index (κ1) is 20.1. The largest absolute Gasteiger partial charge is 0.297 e. The van der Waals surface area contributed by atoms with Crippen LogP contribution < -0.4 is 0 Å². The molecule has 23 heavy (non-hydrogen) atoms. The second-order valence-electron chi connectivity index (χ2n) is 7.73. The summed E-state index contributed by atoms with van der Waals surface area (Å²) in [6.45, 7) is 12.6. The van der Waals surface area contributed by atoms with Gasteiger partial charge in [-0.1, -0.05) is 71.4 Å². The molecule has 1 rings (SSSR count). The quantitative estimate of drug-likeness (QED) is 0.488. The maximum Gasteiger partial charge on any atom is 0.0964 e. The monoisotopic (exact) mass is 322 g/mol. The van der Waals surface area contributed by atoms with Gasteiger partial charge in [0.05, 0.1) is 5.69 Å². The topological polar surface area (TPSA) is 44.8 Å². The Morgan fingerprint density at radius 1 is 0.870 bits per heavy atom. The highest BCUT2D eigenvalue weighted by molar-refractivity contribution is 4.90. The summed E-state index contributed by atoms with van der Waals surface area (Å²) in [4.78, 5) is 2.56. The lowest BCUT2D eigenvalue weighted by atomic mass is 10.0. The van der Waals surface area contributed by atoms with E-state index < -0.39 is 0 Å². The zero-order valence-corrected chi connectivity index (χ0v) is 15.9. The van der Waals surface area contributed by atoms with Crippen molar-refractivity contribution in [1.29, 1.82) is 0 Å². The van der Waals surface area contributed by atoms with E-state index in [0.29, 0.717) is 0 Å². The fraction of sp³-hybridized carbons (Fsp3) is 0.895. The minimum absolute atomic E-state index is 0.835. The van der Waals surface area contributed by atoms with E-state index in [-0.39, 0.29) is 0 Å². The highest BCUT2D eigenvalue weighted by atomic mass is 15.3. The molecule has 0 saturated carbocycles. The number of H-pyrrole nitrogens is 1. The third-order valence-corrected chi connectivity index (χ3v) is 4.36. The van der Waals surface area contributed by atoms with E-state index in [0.717, 1.165) is 24.1 Å². The Labute approximate surface area is 143 Å². The summed E-state index contributed by atoms with van der Waals surface area (Å²) >= 11 is 0. The van der Waals surface area contributed by atoms with E-state index in [2.05, 4.69) is 48.0 Å². The van der Waals surface area contributed by atoms with Gasteiger partial charge in [-0.3, -0.25) is 10.00 Å². The molecule has 0 saturated heterocycles. The second-order valence-corrected chi connectivity index (χ2v) is 7.73. The minimum atomic E-state index is 0.835. The molecule has 4 nitrogen and oxygen atoms in total. The molecule has 0 unspecified atom stereocenters. The van der Waals surface area contributed by atoms with Crippen molar-refractivity contribution in [3.8, 4) is 0 Å². The van der Waals surface area contributed by atoms with Gasteiger partial charge in [0.1, 0.15) is 0 Å². The average Bonchev–Trinajstić information content (AvgIpc) is 2.98. The Bertz CT molecular complexity index is 341. The van der Waals surface area contributed by atoms with Crippen LogP contribution in [0.5, 0.6) is 0 Å². The van der Waals surface area contributed by atoms with Crippen molar-refractivity contribution in [2.45, 2.75) is 85.6 Å². The third-order valence-electron chi connectivity index (χ3n) is 4.36. The zero-order valence-electron chi connectivity index (χ0n) is 15.9. The average molecular weight is 323 g/mol. The van der Waals surface area contributed by atoms with Crippen molar-refractivity contribution in [3.05, 3.63) is 11.9 Å². The van der Waals surface area contributed by atoms with E-state index in [1.165, 1.54) is 64.5 Å². The lowest BCUT2D eigenvalue weighted by Gasteiger charge is -2.21. The van der Waals surface area contributed by atoms with E-state index >= 15 is 0 Å². The maximum atomic E-state index is 4.14. The SMILES string of the molecule is CC(C)CCCCCN(CCCCCC(C)C)Cc1c[nH]nn1. The summed E-state index contributed by atoms with van der Waals surface area (Å²) in [5, 5.41) is 10.8. The molecule has 0 aliphatic rings. The molecule has 0 atom stereocenters. The number of aromatic nitrogens is 3. The molecule has 0 amide bonds. The number of rotatable bonds is 14. The van der Waals surface area contributed by atoms with Gasteiger partial charge in [0.15, 0.2) is 0 Å². The van der Waals surface area contributed by atoms with Crippen LogP contribution in [0.1, 0.15) is 84.8 Å². The van der Waals surface area contributed by atoms with E-state index in [1.807, 2.05) is 6.20 Å². The summed E-state index contributed by atoms with van der Waals surface area (Å²) in [6.07, 6.45) is 12.7. The van der Waals surface area contributed by atoms with Crippen LogP contribution >= 0.6 is 0 Å². The lowest BCUT2D eigenvalue weighted by molar-refractivity contribution is 0.248. The molecule has 134 valence electrons. The van der Waals surface area contributed by atoms with Gasteiger partial charge in [-0.25, -0.2) is 0 Å². The van der Waals surface area contributed by atoms with Crippen LogP contribution in [0.2, 0.25) is 0 Å². The molecule has 0 aliphatic carbocycles. The molecule has 1 aromatic rings. The minimum Gasteiger partial charge on any atom is -0.297 e. The molecule has 0 aliphatic heterocycles.